The average Bonchev–Trinajstić information content (AvgIpc) is 3.23. The van der Waals surface area contributed by atoms with Gasteiger partial charge in [0.15, 0.2) is 0 Å². The first-order chi connectivity index (χ1) is 9.26. The Morgan fingerprint density at radius 1 is 1.42 bits per heavy atom. The molecule has 0 spiro atoms. The summed E-state index contributed by atoms with van der Waals surface area (Å²) in [4.78, 5) is 7.24. The molecule has 2 aliphatic rings. The Kier molecular flexibility index (Phi) is 3.71. The predicted octanol–water partition coefficient (Wildman–Crippen LogP) is 1.58. The number of piperazine rings is 1. The lowest BCUT2D eigenvalue weighted by atomic mass is 10.1. The summed E-state index contributed by atoms with van der Waals surface area (Å²) in [7, 11) is 1.72. The minimum atomic E-state index is 0.696. The van der Waals surface area contributed by atoms with Crippen LogP contribution in [0.15, 0.2) is 12.1 Å². The molecule has 4 nitrogen and oxygen atoms in total. The van der Waals surface area contributed by atoms with E-state index in [-0.39, 0.29) is 0 Å². The van der Waals surface area contributed by atoms with Gasteiger partial charge in [-0.25, -0.2) is 0 Å². The standard InChI is InChI=1S/C15H23N3O/c1-11-7-14(19-2)8-13(17-11)10-18-6-5-16-9-15(18)12-3-4-12/h7-8,12,15-16H,3-6,9-10H2,1-2H3. The topological polar surface area (TPSA) is 37.4 Å². The Labute approximate surface area is 115 Å². The van der Waals surface area contributed by atoms with E-state index >= 15 is 0 Å². The lowest BCUT2D eigenvalue weighted by molar-refractivity contribution is 0.134. The van der Waals surface area contributed by atoms with Crippen molar-refractivity contribution in [1.29, 1.82) is 0 Å². The van der Waals surface area contributed by atoms with Gasteiger partial charge in [0.05, 0.1) is 12.8 Å². The van der Waals surface area contributed by atoms with E-state index in [9.17, 15) is 0 Å². The van der Waals surface area contributed by atoms with Gasteiger partial charge in [0, 0.05) is 50.0 Å². The van der Waals surface area contributed by atoms with Crippen LogP contribution in [0.3, 0.4) is 0 Å². The van der Waals surface area contributed by atoms with E-state index in [0.29, 0.717) is 6.04 Å². The van der Waals surface area contributed by atoms with Crippen molar-refractivity contribution in [3.05, 3.63) is 23.5 Å². The summed E-state index contributed by atoms with van der Waals surface area (Å²) in [5.74, 6) is 1.82. The summed E-state index contributed by atoms with van der Waals surface area (Å²) in [6.07, 6.45) is 2.79. The fraction of sp³-hybridized carbons (Fsp3) is 0.667. The van der Waals surface area contributed by atoms with Crippen molar-refractivity contribution in [3.8, 4) is 5.75 Å². The molecular formula is C15H23N3O. The van der Waals surface area contributed by atoms with Gasteiger partial charge in [-0.05, 0) is 25.7 Å². The van der Waals surface area contributed by atoms with Gasteiger partial charge >= 0.3 is 0 Å². The molecule has 1 aliphatic carbocycles. The Hall–Kier alpha value is -1.13. The van der Waals surface area contributed by atoms with Crippen LogP contribution in [0.2, 0.25) is 0 Å². The lowest BCUT2D eigenvalue weighted by Gasteiger charge is -2.36. The Morgan fingerprint density at radius 3 is 3.00 bits per heavy atom. The molecule has 0 amide bonds. The average molecular weight is 261 g/mol. The highest BCUT2D eigenvalue weighted by molar-refractivity contribution is 5.26. The molecule has 1 aliphatic heterocycles. The third-order valence-corrected chi connectivity index (χ3v) is 4.15. The number of hydrogen-bond acceptors (Lipinski definition) is 4. The number of aromatic nitrogens is 1. The minimum Gasteiger partial charge on any atom is -0.497 e. The zero-order valence-corrected chi connectivity index (χ0v) is 11.9. The number of nitrogens with zero attached hydrogens (tertiary/aromatic N) is 2. The molecule has 1 N–H and O–H groups in total. The number of rotatable bonds is 4. The third kappa shape index (κ3) is 3.07. The predicted molar refractivity (Wildman–Crippen MR) is 75.3 cm³/mol. The van der Waals surface area contributed by atoms with Crippen molar-refractivity contribution in [2.75, 3.05) is 26.7 Å². The molecule has 2 heterocycles. The smallest absolute Gasteiger partial charge is 0.122 e. The SMILES string of the molecule is COc1cc(C)nc(CN2CCNCC2C2CC2)c1. The van der Waals surface area contributed by atoms with Crippen molar-refractivity contribution >= 4 is 0 Å². The quantitative estimate of drug-likeness (QED) is 0.893. The summed E-state index contributed by atoms with van der Waals surface area (Å²) in [5.41, 5.74) is 2.16. The van der Waals surface area contributed by atoms with Gasteiger partial charge in [-0.2, -0.15) is 0 Å². The van der Waals surface area contributed by atoms with Crippen LogP contribution in [-0.2, 0) is 6.54 Å². The molecule has 2 fully saturated rings. The highest BCUT2D eigenvalue weighted by Crippen LogP contribution is 2.36. The lowest BCUT2D eigenvalue weighted by Crippen LogP contribution is -2.51. The molecule has 19 heavy (non-hydrogen) atoms. The summed E-state index contributed by atoms with van der Waals surface area (Å²) in [6, 6.07) is 4.75. The van der Waals surface area contributed by atoms with Crippen LogP contribution in [0.25, 0.3) is 0 Å². The van der Waals surface area contributed by atoms with Gasteiger partial charge in [0.2, 0.25) is 0 Å². The molecule has 0 radical (unpaired) electrons. The van der Waals surface area contributed by atoms with Crippen LogP contribution in [-0.4, -0.2) is 42.7 Å². The Bertz CT molecular complexity index is 445. The van der Waals surface area contributed by atoms with Crippen LogP contribution < -0.4 is 10.1 Å². The molecule has 0 aromatic carbocycles. The van der Waals surface area contributed by atoms with Gasteiger partial charge in [-0.3, -0.25) is 9.88 Å². The van der Waals surface area contributed by atoms with E-state index in [0.717, 1.165) is 49.2 Å². The van der Waals surface area contributed by atoms with E-state index in [1.165, 1.54) is 12.8 Å². The second-order valence-electron chi connectivity index (χ2n) is 5.72. The van der Waals surface area contributed by atoms with Crippen LogP contribution in [0, 0.1) is 12.8 Å². The minimum absolute atomic E-state index is 0.696. The molecule has 1 unspecified atom stereocenters. The van der Waals surface area contributed by atoms with Crippen molar-refractivity contribution in [2.45, 2.75) is 32.4 Å². The largest absolute Gasteiger partial charge is 0.497 e. The Morgan fingerprint density at radius 2 is 2.26 bits per heavy atom. The number of nitrogens with one attached hydrogen (secondary N) is 1. The van der Waals surface area contributed by atoms with Crippen molar-refractivity contribution in [2.24, 2.45) is 5.92 Å². The molecule has 1 aromatic rings. The van der Waals surface area contributed by atoms with Gasteiger partial charge in [-0.1, -0.05) is 0 Å². The first-order valence-electron chi connectivity index (χ1n) is 7.22. The molecule has 1 aromatic heterocycles. The maximum Gasteiger partial charge on any atom is 0.122 e. The van der Waals surface area contributed by atoms with Crippen molar-refractivity contribution in [1.82, 2.24) is 15.2 Å². The van der Waals surface area contributed by atoms with Crippen LogP contribution in [0.1, 0.15) is 24.2 Å². The highest BCUT2D eigenvalue weighted by Gasteiger charge is 2.36. The number of hydrogen-bond donors (Lipinski definition) is 1. The number of pyridine rings is 1. The maximum atomic E-state index is 5.34. The van der Waals surface area contributed by atoms with Gasteiger partial charge in [0.25, 0.3) is 0 Å². The molecule has 1 saturated carbocycles. The van der Waals surface area contributed by atoms with Crippen LogP contribution in [0.4, 0.5) is 0 Å². The monoisotopic (exact) mass is 261 g/mol. The normalized spacial score (nSPS) is 24.4. The summed E-state index contributed by atoms with van der Waals surface area (Å²) < 4.78 is 5.34. The first kappa shape index (κ1) is 12.9. The number of aryl methyl sites for hydroxylation is 1. The zero-order chi connectivity index (χ0) is 13.2. The van der Waals surface area contributed by atoms with Gasteiger partial charge in [0.1, 0.15) is 5.75 Å². The van der Waals surface area contributed by atoms with E-state index in [1.54, 1.807) is 7.11 Å². The molecule has 1 saturated heterocycles. The van der Waals surface area contributed by atoms with Gasteiger partial charge < -0.3 is 10.1 Å². The molecular weight excluding hydrogens is 238 g/mol. The number of methoxy groups -OCH3 is 1. The summed E-state index contributed by atoms with van der Waals surface area (Å²) in [5, 5.41) is 3.52. The van der Waals surface area contributed by atoms with E-state index < -0.39 is 0 Å². The molecule has 3 rings (SSSR count). The van der Waals surface area contributed by atoms with Crippen molar-refractivity contribution < 1.29 is 4.74 Å². The zero-order valence-electron chi connectivity index (χ0n) is 11.9. The van der Waals surface area contributed by atoms with Crippen LogP contribution in [0.5, 0.6) is 5.75 Å². The summed E-state index contributed by atoms with van der Waals surface area (Å²) in [6.45, 7) is 6.32. The highest BCUT2D eigenvalue weighted by atomic mass is 16.5. The summed E-state index contributed by atoms with van der Waals surface area (Å²) >= 11 is 0. The van der Waals surface area contributed by atoms with Crippen LogP contribution >= 0.6 is 0 Å². The molecule has 104 valence electrons. The molecule has 1 atom stereocenters. The first-order valence-corrected chi connectivity index (χ1v) is 7.22. The molecule has 0 bridgehead atoms. The number of ether oxygens (including phenoxy) is 1. The second-order valence-corrected chi connectivity index (χ2v) is 5.72. The molecule has 4 heteroatoms. The fourth-order valence-electron chi connectivity index (χ4n) is 3.02. The second kappa shape index (κ2) is 5.47. The van der Waals surface area contributed by atoms with E-state index in [4.69, 9.17) is 4.74 Å². The van der Waals surface area contributed by atoms with Crippen molar-refractivity contribution in [3.63, 3.8) is 0 Å². The fourth-order valence-corrected chi connectivity index (χ4v) is 3.02. The van der Waals surface area contributed by atoms with E-state index in [1.807, 2.05) is 13.0 Å². The third-order valence-electron chi connectivity index (χ3n) is 4.15. The maximum absolute atomic E-state index is 5.34. The van der Waals surface area contributed by atoms with Gasteiger partial charge in [-0.15, -0.1) is 0 Å². The Balaban J connectivity index is 1.73. The van der Waals surface area contributed by atoms with E-state index in [2.05, 4.69) is 21.3 Å².